The van der Waals surface area contributed by atoms with Crippen molar-refractivity contribution >= 4 is 28.6 Å². The fourth-order valence-electron chi connectivity index (χ4n) is 4.94. The van der Waals surface area contributed by atoms with Crippen molar-refractivity contribution in [1.29, 1.82) is 5.26 Å². The zero-order chi connectivity index (χ0) is 25.5. The summed E-state index contributed by atoms with van der Waals surface area (Å²) in [6.07, 6.45) is 2.94. The second kappa shape index (κ2) is 12.2. The number of methoxy groups -OCH3 is 1. The third kappa shape index (κ3) is 6.35. The van der Waals surface area contributed by atoms with E-state index in [0.29, 0.717) is 30.7 Å². The van der Waals surface area contributed by atoms with E-state index in [1.165, 1.54) is 0 Å². The highest BCUT2D eigenvalue weighted by atomic mass is 32.2. The predicted octanol–water partition coefficient (Wildman–Crippen LogP) is 4.74. The number of carboxylic acid groups (broad SMARTS) is 1. The average Bonchev–Trinajstić information content (AvgIpc) is 2.91. The monoisotopic (exact) mass is 505 g/mol. The summed E-state index contributed by atoms with van der Waals surface area (Å²) in [5, 5.41) is 30.8. The molecule has 3 aromatic rings. The van der Waals surface area contributed by atoms with Gasteiger partial charge in [0.05, 0.1) is 36.3 Å². The van der Waals surface area contributed by atoms with Crippen LogP contribution in [0.4, 0.5) is 0 Å². The molecule has 1 aromatic heterocycles. The van der Waals surface area contributed by atoms with Gasteiger partial charge in [0.25, 0.3) is 0 Å². The first-order valence-corrected chi connectivity index (χ1v) is 13.2. The number of likely N-dealkylation sites (tertiary alicyclic amines) is 1. The van der Waals surface area contributed by atoms with Crippen molar-refractivity contribution in [2.45, 2.75) is 30.3 Å². The van der Waals surface area contributed by atoms with Gasteiger partial charge in [-0.15, -0.1) is 11.8 Å². The molecule has 2 heterocycles. The predicted molar refractivity (Wildman–Crippen MR) is 140 cm³/mol. The van der Waals surface area contributed by atoms with Crippen molar-refractivity contribution in [2.24, 2.45) is 11.8 Å². The molecule has 0 aliphatic carbocycles. The highest BCUT2D eigenvalue weighted by Crippen LogP contribution is 2.34. The zero-order valence-electron chi connectivity index (χ0n) is 20.3. The van der Waals surface area contributed by atoms with E-state index < -0.39 is 18.0 Å². The van der Waals surface area contributed by atoms with E-state index in [1.807, 2.05) is 42.5 Å². The quantitative estimate of drug-likeness (QED) is 0.381. The highest BCUT2D eigenvalue weighted by Gasteiger charge is 2.34. The minimum atomic E-state index is -0.771. The maximum Gasteiger partial charge on any atom is 0.308 e. The molecule has 36 heavy (non-hydrogen) atoms. The molecular formula is C28H31N3O4S. The van der Waals surface area contributed by atoms with E-state index in [4.69, 9.17) is 10.00 Å². The SMILES string of the molecule is COc1ccc2nccc([C@@H](O)CC[C@@H]3CCN(CCSc4cccc(C#N)c4)C[C@@H]3C(=O)O)c2c1. The first-order valence-electron chi connectivity index (χ1n) is 12.2. The molecule has 1 aliphatic heterocycles. The number of carbonyl (C=O) groups is 1. The van der Waals surface area contributed by atoms with Gasteiger partial charge < -0.3 is 19.8 Å². The number of hydrogen-bond acceptors (Lipinski definition) is 7. The maximum atomic E-state index is 12.1. The number of carboxylic acids is 1. The van der Waals surface area contributed by atoms with Crippen LogP contribution in [0.1, 0.15) is 36.5 Å². The Morgan fingerprint density at radius 3 is 2.94 bits per heavy atom. The van der Waals surface area contributed by atoms with Crippen LogP contribution >= 0.6 is 11.8 Å². The van der Waals surface area contributed by atoms with Crippen molar-refractivity contribution in [3.05, 3.63) is 65.9 Å². The lowest BCUT2D eigenvalue weighted by Gasteiger charge is -2.37. The van der Waals surface area contributed by atoms with Crippen molar-refractivity contribution in [1.82, 2.24) is 9.88 Å². The third-order valence-electron chi connectivity index (χ3n) is 6.95. The van der Waals surface area contributed by atoms with Crippen molar-refractivity contribution in [3.63, 3.8) is 0 Å². The Balaban J connectivity index is 1.33. The van der Waals surface area contributed by atoms with Gasteiger partial charge in [0.15, 0.2) is 0 Å². The van der Waals surface area contributed by atoms with E-state index in [0.717, 1.165) is 46.6 Å². The molecule has 0 amide bonds. The van der Waals surface area contributed by atoms with Crippen LogP contribution in [0.5, 0.6) is 5.75 Å². The molecule has 0 saturated carbocycles. The number of pyridine rings is 1. The van der Waals surface area contributed by atoms with Crippen LogP contribution in [0.2, 0.25) is 0 Å². The molecule has 1 saturated heterocycles. The molecule has 4 rings (SSSR count). The molecular weight excluding hydrogens is 474 g/mol. The van der Waals surface area contributed by atoms with Crippen molar-refractivity contribution < 1.29 is 19.7 Å². The van der Waals surface area contributed by atoms with Gasteiger partial charge in [-0.05, 0) is 79.8 Å². The second-order valence-corrected chi connectivity index (χ2v) is 10.3. The minimum Gasteiger partial charge on any atom is -0.497 e. The summed E-state index contributed by atoms with van der Waals surface area (Å²) in [6, 6.07) is 17.1. The lowest BCUT2D eigenvalue weighted by atomic mass is 9.81. The summed E-state index contributed by atoms with van der Waals surface area (Å²) in [7, 11) is 1.61. The van der Waals surface area contributed by atoms with Gasteiger partial charge in [-0.1, -0.05) is 6.07 Å². The molecule has 1 fully saturated rings. The van der Waals surface area contributed by atoms with Gasteiger partial charge >= 0.3 is 5.97 Å². The number of aliphatic carboxylic acids is 1. The average molecular weight is 506 g/mol. The Labute approximate surface area is 215 Å². The highest BCUT2D eigenvalue weighted by molar-refractivity contribution is 7.99. The van der Waals surface area contributed by atoms with Crippen LogP contribution in [0.3, 0.4) is 0 Å². The Bertz CT molecular complexity index is 1240. The molecule has 3 atom stereocenters. The summed E-state index contributed by atoms with van der Waals surface area (Å²) in [6.45, 7) is 2.16. The zero-order valence-corrected chi connectivity index (χ0v) is 21.2. The number of piperidine rings is 1. The third-order valence-corrected chi connectivity index (χ3v) is 7.92. The lowest BCUT2D eigenvalue weighted by Crippen LogP contribution is -2.44. The number of aliphatic hydroxyl groups excluding tert-OH is 1. The lowest BCUT2D eigenvalue weighted by molar-refractivity contribution is -0.146. The van der Waals surface area contributed by atoms with Gasteiger partial charge in [0.1, 0.15) is 5.75 Å². The van der Waals surface area contributed by atoms with E-state index >= 15 is 0 Å². The van der Waals surface area contributed by atoms with E-state index in [9.17, 15) is 15.0 Å². The Morgan fingerprint density at radius 2 is 2.17 bits per heavy atom. The summed E-state index contributed by atoms with van der Waals surface area (Å²) < 4.78 is 5.33. The summed E-state index contributed by atoms with van der Waals surface area (Å²) in [4.78, 5) is 19.7. The number of nitriles is 1. The second-order valence-electron chi connectivity index (χ2n) is 9.16. The van der Waals surface area contributed by atoms with Crippen molar-refractivity contribution in [3.8, 4) is 11.8 Å². The van der Waals surface area contributed by atoms with E-state index in [-0.39, 0.29) is 5.92 Å². The molecule has 188 valence electrons. The van der Waals surface area contributed by atoms with E-state index in [2.05, 4.69) is 16.0 Å². The number of aromatic nitrogens is 1. The molecule has 0 bridgehead atoms. The number of benzene rings is 2. The topological polar surface area (TPSA) is 107 Å². The van der Waals surface area contributed by atoms with Crippen LogP contribution in [0, 0.1) is 23.2 Å². The molecule has 2 N–H and O–H groups in total. The normalized spacial score (nSPS) is 19.0. The van der Waals surface area contributed by atoms with Gasteiger partial charge in [-0.25, -0.2) is 0 Å². The van der Waals surface area contributed by atoms with Crippen molar-refractivity contribution in [2.75, 3.05) is 32.5 Å². The molecule has 2 aromatic carbocycles. The number of fused-ring (bicyclic) bond motifs is 1. The van der Waals surface area contributed by atoms with Crippen LogP contribution in [0.15, 0.2) is 59.6 Å². The Morgan fingerprint density at radius 1 is 1.31 bits per heavy atom. The number of hydrogen-bond donors (Lipinski definition) is 2. The van der Waals surface area contributed by atoms with Gasteiger partial charge in [0.2, 0.25) is 0 Å². The number of nitrogens with zero attached hydrogens (tertiary/aromatic N) is 3. The molecule has 0 unspecified atom stereocenters. The molecule has 0 radical (unpaired) electrons. The van der Waals surface area contributed by atoms with Crippen LogP contribution in [-0.4, -0.2) is 58.6 Å². The standard InChI is InChI=1S/C28H31N3O4S/c1-35-21-6-7-26-24(16-21)23(9-11-30-26)27(32)8-5-20-10-12-31(18-25(20)28(33)34)13-14-36-22-4-2-3-19(15-22)17-29/h2-4,6-7,9,11,15-16,20,25,27,32H,5,8,10,12-14,18H2,1H3,(H,33,34)/t20-,25+,27+/m1/s1. The fraction of sp³-hybridized carbons (Fsp3) is 0.393. The Kier molecular flexibility index (Phi) is 8.81. The van der Waals surface area contributed by atoms with Crippen LogP contribution in [-0.2, 0) is 4.79 Å². The summed E-state index contributed by atoms with van der Waals surface area (Å²) in [5.41, 5.74) is 2.23. The molecule has 7 nitrogen and oxygen atoms in total. The summed E-state index contributed by atoms with van der Waals surface area (Å²) in [5.74, 6) is 0.345. The molecule has 0 spiro atoms. The van der Waals surface area contributed by atoms with Gasteiger partial charge in [0, 0.05) is 35.3 Å². The maximum absolute atomic E-state index is 12.1. The summed E-state index contributed by atoms with van der Waals surface area (Å²) >= 11 is 1.68. The van der Waals surface area contributed by atoms with Gasteiger partial charge in [-0.3, -0.25) is 9.78 Å². The number of ether oxygens (including phenoxy) is 1. The number of aliphatic hydroxyl groups is 1. The minimum absolute atomic E-state index is 0.0241. The number of rotatable bonds is 10. The molecule has 8 heteroatoms. The molecule has 1 aliphatic rings. The first-order chi connectivity index (χ1) is 17.5. The first kappa shape index (κ1) is 26.0. The largest absolute Gasteiger partial charge is 0.497 e. The Hall–Kier alpha value is -3.12. The smallest absolute Gasteiger partial charge is 0.308 e. The van der Waals surface area contributed by atoms with Crippen LogP contribution in [0.25, 0.3) is 10.9 Å². The van der Waals surface area contributed by atoms with E-state index in [1.54, 1.807) is 31.1 Å². The van der Waals surface area contributed by atoms with Gasteiger partial charge in [-0.2, -0.15) is 5.26 Å². The fourth-order valence-corrected chi connectivity index (χ4v) is 5.91. The number of thioether (sulfide) groups is 1. The van der Waals surface area contributed by atoms with Crippen LogP contribution < -0.4 is 4.74 Å².